The highest BCUT2D eigenvalue weighted by Gasteiger charge is 2.61. The van der Waals surface area contributed by atoms with E-state index in [9.17, 15) is 58.2 Å². The number of ketones is 4. The number of nitrogens with one attached hydrogen (secondary N) is 2. The minimum atomic E-state index is -1.78. The van der Waals surface area contributed by atoms with E-state index in [1.54, 1.807) is 81.4 Å². The quantitative estimate of drug-likeness (QED) is 0.0496. The number of aryl methyl sites for hydroxylation is 1. The molecule has 28 heteroatoms. The van der Waals surface area contributed by atoms with Crippen molar-refractivity contribution in [2.75, 3.05) is 41.4 Å². The molecule has 602 valence electrons. The van der Waals surface area contributed by atoms with Crippen molar-refractivity contribution in [3.63, 3.8) is 0 Å². The number of rotatable bonds is 17. The van der Waals surface area contributed by atoms with Crippen LogP contribution >= 0.6 is 0 Å². The third-order valence-corrected chi connectivity index (χ3v) is 22.6. The van der Waals surface area contributed by atoms with E-state index < -0.39 is 179 Å². The topological polar surface area (TPSA) is 352 Å². The molecule has 6 aliphatic rings. The Morgan fingerprint density at radius 3 is 1.32 bits per heavy atom. The van der Waals surface area contributed by atoms with Crippen LogP contribution in [-0.2, 0) is 92.0 Å². The molecule has 6 saturated heterocycles. The van der Waals surface area contributed by atoms with Gasteiger partial charge in [0.1, 0.15) is 77.8 Å². The zero-order valence-electron chi connectivity index (χ0n) is 66.5. The average Bonchev–Trinajstić information content (AvgIpc) is 1.58. The first kappa shape index (κ1) is 87.8. The maximum Gasteiger partial charge on any atom is 0.509 e. The summed E-state index contributed by atoms with van der Waals surface area (Å²) in [6, 6.07) is 16.6. The summed E-state index contributed by atoms with van der Waals surface area (Å²) >= 11 is 0. The van der Waals surface area contributed by atoms with Crippen LogP contribution in [0.2, 0.25) is 0 Å². The van der Waals surface area contributed by atoms with Crippen LogP contribution in [-0.4, -0.2) is 229 Å². The van der Waals surface area contributed by atoms with Gasteiger partial charge in [-0.05, 0) is 152 Å². The highest BCUT2D eigenvalue weighted by Crippen LogP contribution is 2.44. The van der Waals surface area contributed by atoms with Crippen molar-refractivity contribution in [1.29, 1.82) is 0 Å². The number of benzene rings is 2. The molecule has 0 radical (unpaired) electrons. The van der Waals surface area contributed by atoms with Crippen LogP contribution in [0.4, 0.5) is 19.2 Å². The van der Waals surface area contributed by atoms with Gasteiger partial charge in [0, 0.05) is 47.6 Å². The van der Waals surface area contributed by atoms with Gasteiger partial charge >= 0.3 is 36.4 Å². The smallest absolute Gasteiger partial charge is 0.458 e. The normalized spacial score (nSPS) is 38.2. The van der Waals surface area contributed by atoms with E-state index in [2.05, 4.69) is 10.6 Å². The SMILES string of the molecule is CC[C@H]1OC(=O)[C@H](C)C(=O)[C@H](C)[C@@H](O[C@@H]2O[C@H](C)C[C@H](N(C)C)[C@H]2O)[C@](C)(OC(=O)OC/C=C/c2ccccc2)C[C@@H](C)C(=O)[C@H](C)[C@H]2NC(=O)O[C@@]21C.CC[C@H]1OC(=O)[C@H](C)C(=O)[C@H](C)[C@@H](O[C@@H]2O[C@H](C)C[C@H](N(C)C)[C@H]2O)[C@](C)(OC(=O)OCCCc2ccccc2)C[C@@H](C)C(=O)[C@H](C)[C@H]2NC(=O)O[C@@]21C. The summed E-state index contributed by atoms with van der Waals surface area (Å²) in [5, 5.41) is 28.5. The molecule has 6 heterocycles. The fourth-order valence-electron chi connectivity index (χ4n) is 16.6. The van der Waals surface area contributed by atoms with Crippen LogP contribution in [0.3, 0.4) is 0 Å². The van der Waals surface area contributed by atoms with Gasteiger partial charge in [-0.3, -0.25) is 28.8 Å². The molecule has 0 aliphatic carbocycles. The Morgan fingerprint density at radius 2 is 0.935 bits per heavy atom. The molecule has 0 aromatic heterocycles. The van der Waals surface area contributed by atoms with Crippen LogP contribution in [0.15, 0.2) is 66.7 Å². The predicted molar refractivity (Wildman–Crippen MR) is 393 cm³/mol. The first-order valence-corrected chi connectivity index (χ1v) is 38.0. The molecule has 2 aromatic carbocycles. The Labute approximate surface area is 635 Å². The number of carbonyl (C=O) groups is 10. The summed E-state index contributed by atoms with van der Waals surface area (Å²) in [5.41, 5.74) is -4.44. The summed E-state index contributed by atoms with van der Waals surface area (Å²) < 4.78 is 71.8. The van der Waals surface area contributed by atoms with Crippen molar-refractivity contribution in [2.24, 2.45) is 47.3 Å². The summed E-state index contributed by atoms with van der Waals surface area (Å²) in [6.07, 6.45) is -8.26. The number of Topliss-reactive ketones (excluding diaryl/α,β-unsaturated/α-hetero) is 4. The zero-order chi connectivity index (χ0) is 80.2. The Kier molecular flexibility index (Phi) is 30.5. The van der Waals surface area contributed by atoms with Gasteiger partial charge in [0.25, 0.3) is 0 Å². The maximum absolute atomic E-state index is 14.3. The van der Waals surface area contributed by atoms with E-state index in [1.165, 1.54) is 27.7 Å². The standard InChI is InChI=1S/C40H60N2O12.C40H58N2O12/c2*1-11-29-40(8)33(41-37(47)53-40)24(4)30(43)22(2)21-39(7,54-38(48)49-19-15-18-27-16-13-12-14-17-27)34(25(5)31(44)26(6)35(46)51-29)52-36-32(45)28(42(9)10)20-23(3)50-36/h12-14,16-17,22-26,28-29,32-34,36,45H,11,15,18-21H2,1-10H3,(H,41,47);12-18,22-26,28-29,32-34,36,45H,11,19-21H2,1-10H3,(H,41,47)/b;18-15+/t2*22-,23-,24+,25+,26-,28+,29-,32-,33-,34-,36+,39-,40-/m11/s1. The van der Waals surface area contributed by atoms with Gasteiger partial charge < -0.3 is 87.5 Å². The molecule has 2 amide bonds. The number of esters is 2. The molecule has 6 fully saturated rings. The second-order valence-electron chi connectivity index (χ2n) is 31.6. The van der Waals surface area contributed by atoms with Gasteiger partial charge in [-0.1, -0.05) is 122 Å². The van der Waals surface area contributed by atoms with Gasteiger partial charge in [-0.2, -0.15) is 0 Å². The lowest BCUT2D eigenvalue weighted by Crippen LogP contribution is -2.60. The first-order chi connectivity index (χ1) is 50.6. The van der Waals surface area contributed by atoms with Crippen molar-refractivity contribution in [3.05, 3.63) is 77.9 Å². The summed E-state index contributed by atoms with van der Waals surface area (Å²) in [5.74, 6) is -11.9. The van der Waals surface area contributed by atoms with E-state index in [0.29, 0.717) is 25.7 Å². The van der Waals surface area contributed by atoms with Crippen LogP contribution in [0.1, 0.15) is 167 Å². The minimum absolute atomic E-state index is 0.0310. The van der Waals surface area contributed by atoms with Crippen LogP contribution in [0.25, 0.3) is 6.08 Å². The second kappa shape index (κ2) is 37.5. The Balaban J connectivity index is 0.000000301. The van der Waals surface area contributed by atoms with E-state index in [4.69, 9.17) is 56.8 Å². The van der Waals surface area contributed by atoms with E-state index in [-0.39, 0.29) is 74.8 Å². The molecule has 2 aromatic rings. The van der Waals surface area contributed by atoms with Crippen molar-refractivity contribution < 1.29 is 115 Å². The lowest BCUT2D eigenvalue weighted by atomic mass is 9.73. The number of carbonyl (C=O) groups excluding carboxylic acids is 10. The summed E-state index contributed by atoms with van der Waals surface area (Å²) in [6.45, 7) is 25.9. The largest absolute Gasteiger partial charge is 0.509 e. The number of ether oxygens (including phenoxy) is 12. The van der Waals surface area contributed by atoms with Gasteiger partial charge in [-0.15, -0.1) is 0 Å². The number of amides is 2. The molecular formula is C80H118N4O24. The fraction of sp³-hybridized carbons (Fsp3) is 0.700. The molecule has 0 saturated carbocycles. The van der Waals surface area contributed by atoms with Gasteiger partial charge in [-0.25, -0.2) is 19.2 Å². The number of alkyl carbamates (subject to hydrolysis) is 2. The summed E-state index contributed by atoms with van der Waals surface area (Å²) in [7, 11) is 7.29. The number of fused-ring (bicyclic) bond motifs is 2. The molecule has 0 spiro atoms. The second-order valence-corrected chi connectivity index (χ2v) is 31.6. The lowest BCUT2D eigenvalue weighted by molar-refractivity contribution is -0.293. The van der Waals surface area contributed by atoms with Crippen molar-refractivity contribution in [3.8, 4) is 0 Å². The third-order valence-electron chi connectivity index (χ3n) is 22.6. The number of hydrogen-bond acceptors (Lipinski definition) is 26. The number of likely N-dealkylation sites (N-methyl/N-ethyl adjacent to an activating group) is 2. The lowest BCUT2D eigenvalue weighted by Gasteiger charge is -2.46. The van der Waals surface area contributed by atoms with E-state index in [0.717, 1.165) is 11.1 Å². The van der Waals surface area contributed by atoms with Crippen LogP contribution in [0.5, 0.6) is 0 Å². The maximum atomic E-state index is 14.3. The van der Waals surface area contributed by atoms with Crippen LogP contribution < -0.4 is 10.6 Å². The first-order valence-electron chi connectivity index (χ1n) is 38.0. The fourth-order valence-corrected chi connectivity index (χ4v) is 16.6. The molecule has 8 rings (SSSR count). The molecule has 4 N–H and O–H groups in total. The molecule has 0 unspecified atom stereocenters. The van der Waals surface area contributed by atoms with Gasteiger partial charge in [0.15, 0.2) is 35.3 Å². The Hall–Kier alpha value is -7.44. The van der Waals surface area contributed by atoms with E-state index in [1.807, 2.05) is 113 Å². The monoisotopic (exact) mass is 1520 g/mol. The van der Waals surface area contributed by atoms with Crippen molar-refractivity contribution in [2.45, 2.75) is 270 Å². The number of cyclic esters (lactones) is 2. The predicted octanol–water partition coefficient (Wildman–Crippen LogP) is 9.32. The minimum Gasteiger partial charge on any atom is -0.458 e. The molecule has 28 nitrogen and oxygen atoms in total. The number of aliphatic hydroxyl groups excluding tert-OH is 2. The Morgan fingerprint density at radius 1 is 0.546 bits per heavy atom. The average molecular weight is 1520 g/mol. The van der Waals surface area contributed by atoms with Gasteiger partial charge in [0.2, 0.25) is 0 Å². The highest BCUT2D eigenvalue weighted by atomic mass is 16.8. The van der Waals surface area contributed by atoms with Crippen LogP contribution in [0, 0.1) is 47.3 Å². The molecular weight excluding hydrogens is 1400 g/mol. The molecule has 6 aliphatic heterocycles. The number of hydrogen-bond donors (Lipinski definition) is 4. The molecule has 0 bridgehead atoms. The highest BCUT2D eigenvalue weighted by molar-refractivity contribution is 6.01. The number of aliphatic hydroxyl groups is 2. The van der Waals surface area contributed by atoms with Crippen molar-refractivity contribution in [1.82, 2.24) is 20.4 Å². The van der Waals surface area contributed by atoms with Crippen molar-refractivity contribution >= 4 is 65.6 Å². The third kappa shape index (κ3) is 20.8. The molecule has 26 atom stereocenters. The Bertz CT molecular complexity index is 3470. The zero-order valence-corrected chi connectivity index (χ0v) is 66.5. The van der Waals surface area contributed by atoms with E-state index >= 15 is 0 Å². The van der Waals surface area contributed by atoms with Gasteiger partial charge in [0.05, 0.1) is 30.9 Å². The summed E-state index contributed by atoms with van der Waals surface area (Å²) in [4.78, 5) is 141. The molecule has 108 heavy (non-hydrogen) atoms. The number of nitrogens with zero attached hydrogens (tertiary/aromatic N) is 2.